The number of aliphatic carboxylic acids is 1. The van der Waals surface area contributed by atoms with Crippen molar-refractivity contribution >= 4 is 23.6 Å². The summed E-state index contributed by atoms with van der Waals surface area (Å²) in [6, 6.07) is 4.72. The lowest BCUT2D eigenvalue weighted by Crippen LogP contribution is -2.47. The summed E-state index contributed by atoms with van der Waals surface area (Å²) in [4.78, 5) is 45.8. The smallest absolute Gasteiger partial charge is 0.326 e. The lowest BCUT2D eigenvalue weighted by molar-refractivity contribution is -0.141. The fourth-order valence-electron chi connectivity index (χ4n) is 4.24. The molecule has 1 aliphatic carbocycles. The van der Waals surface area contributed by atoms with Crippen molar-refractivity contribution in [2.75, 3.05) is 0 Å². The number of rotatable bonds is 7. The highest BCUT2D eigenvalue weighted by molar-refractivity contribution is 5.99. The van der Waals surface area contributed by atoms with Gasteiger partial charge < -0.3 is 15.7 Å². The standard InChI is InChI=1S/C23H25FN6O4/c1-13-9-14(7-8-16(13)24)11-25-20(31)17-10-18(30-23(28-17)26-12-27-30)21(32)29-19(22(33)34)15-5-3-2-4-6-15/h7-10,12,15,19H,2-6,11H2,1H3,(H,25,31)(H,29,32)(H,33,34)/t19-/m1/s1. The van der Waals surface area contributed by atoms with Gasteiger partial charge >= 0.3 is 5.97 Å². The normalized spacial score (nSPS) is 15.1. The molecule has 34 heavy (non-hydrogen) atoms. The Bertz CT molecular complexity index is 1240. The minimum atomic E-state index is -1.10. The molecule has 0 bridgehead atoms. The van der Waals surface area contributed by atoms with Crippen LogP contribution in [0, 0.1) is 18.7 Å². The van der Waals surface area contributed by atoms with E-state index < -0.39 is 23.8 Å². The Balaban J connectivity index is 1.55. The van der Waals surface area contributed by atoms with E-state index in [4.69, 9.17) is 0 Å². The number of carboxylic acids is 1. The second-order valence-electron chi connectivity index (χ2n) is 8.45. The maximum Gasteiger partial charge on any atom is 0.326 e. The second kappa shape index (κ2) is 9.94. The van der Waals surface area contributed by atoms with Gasteiger partial charge in [0.2, 0.25) is 0 Å². The number of halogens is 1. The van der Waals surface area contributed by atoms with Crippen molar-refractivity contribution in [2.24, 2.45) is 5.92 Å². The van der Waals surface area contributed by atoms with Crippen molar-refractivity contribution < 1.29 is 23.9 Å². The lowest BCUT2D eigenvalue weighted by atomic mass is 9.84. The molecular formula is C23H25FN6O4. The first-order valence-electron chi connectivity index (χ1n) is 11.1. The van der Waals surface area contributed by atoms with E-state index in [-0.39, 0.29) is 35.4 Å². The number of carbonyl (C=O) groups excluding carboxylic acids is 2. The van der Waals surface area contributed by atoms with Gasteiger partial charge in [0.15, 0.2) is 0 Å². The predicted octanol–water partition coefficient (Wildman–Crippen LogP) is 2.27. The molecule has 1 fully saturated rings. The van der Waals surface area contributed by atoms with E-state index in [1.807, 2.05) is 0 Å². The molecule has 1 atom stereocenters. The Morgan fingerprint density at radius 3 is 2.65 bits per heavy atom. The summed E-state index contributed by atoms with van der Waals surface area (Å²) in [7, 11) is 0. The van der Waals surface area contributed by atoms with E-state index in [9.17, 15) is 23.9 Å². The molecule has 0 spiro atoms. The number of carboxylic acid groups (broad SMARTS) is 1. The molecule has 10 nitrogen and oxygen atoms in total. The third kappa shape index (κ3) is 5.03. The van der Waals surface area contributed by atoms with E-state index in [2.05, 4.69) is 25.7 Å². The third-order valence-corrected chi connectivity index (χ3v) is 6.07. The fraction of sp³-hybridized carbons (Fsp3) is 0.391. The molecule has 0 saturated heterocycles. The van der Waals surface area contributed by atoms with E-state index >= 15 is 0 Å². The Morgan fingerprint density at radius 1 is 1.18 bits per heavy atom. The first-order valence-corrected chi connectivity index (χ1v) is 11.1. The third-order valence-electron chi connectivity index (χ3n) is 6.07. The maximum absolute atomic E-state index is 13.5. The largest absolute Gasteiger partial charge is 0.480 e. The van der Waals surface area contributed by atoms with Crippen molar-refractivity contribution in [1.29, 1.82) is 0 Å². The van der Waals surface area contributed by atoms with Crippen LogP contribution in [0.15, 0.2) is 30.6 Å². The van der Waals surface area contributed by atoms with Crippen LogP contribution in [0.5, 0.6) is 0 Å². The van der Waals surface area contributed by atoms with E-state index in [0.717, 1.165) is 36.6 Å². The number of amides is 2. The molecule has 0 aliphatic heterocycles. The van der Waals surface area contributed by atoms with Gasteiger partial charge in [0.05, 0.1) is 0 Å². The minimum absolute atomic E-state index is 0.0277. The van der Waals surface area contributed by atoms with Gasteiger partial charge in [0, 0.05) is 12.6 Å². The lowest BCUT2D eigenvalue weighted by Gasteiger charge is -2.28. The second-order valence-corrected chi connectivity index (χ2v) is 8.45. The fourth-order valence-corrected chi connectivity index (χ4v) is 4.24. The van der Waals surface area contributed by atoms with Gasteiger partial charge in [0.1, 0.15) is 29.6 Å². The van der Waals surface area contributed by atoms with Gasteiger partial charge in [-0.15, -0.1) is 0 Å². The van der Waals surface area contributed by atoms with Gasteiger partial charge in [-0.3, -0.25) is 9.59 Å². The van der Waals surface area contributed by atoms with Gasteiger partial charge in [-0.2, -0.15) is 14.6 Å². The summed E-state index contributed by atoms with van der Waals surface area (Å²) >= 11 is 0. The van der Waals surface area contributed by atoms with Gasteiger partial charge in [-0.05, 0) is 42.9 Å². The summed E-state index contributed by atoms with van der Waals surface area (Å²) in [5.74, 6) is -2.82. The van der Waals surface area contributed by atoms with Crippen molar-refractivity contribution in [3.63, 3.8) is 0 Å². The molecule has 178 valence electrons. The van der Waals surface area contributed by atoms with Crippen LogP contribution in [0.3, 0.4) is 0 Å². The SMILES string of the molecule is Cc1cc(CNC(=O)c2cc(C(=O)N[C@@H](C(=O)O)C3CCCCC3)n3ncnc3n2)ccc1F. The van der Waals surface area contributed by atoms with Crippen molar-refractivity contribution in [3.8, 4) is 0 Å². The molecule has 1 aromatic carbocycles. The van der Waals surface area contributed by atoms with Crippen molar-refractivity contribution in [2.45, 2.75) is 51.6 Å². The molecule has 1 aliphatic rings. The number of carbonyl (C=O) groups is 3. The van der Waals surface area contributed by atoms with Crippen LogP contribution in [0.2, 0.25) is 0 Å². The highest BCUT2D eigenvalue weighted by atomic mass is 19.1. The molecule has 2 heterocycles. The highest BCUT2D eigenvalue weighted by Gasteiger charge is 2.32. The van der Waals surface area contributed by atoms with Crippen LogP contribution < -0.4 is 10.6 Å². The number of aromatic nitrogens is 4. The van der Waals surface area contributed by atoms with Gasteiger partial charge in [-0.25, -0.2) is 14.2 Å². The molecule has 3 aromatic rings. The van der Waals surface area contributed by atoms with Crippen LogP contribution in [0.25, 0.3) is 5.78 Å². The molecule has 1 saturated carbocycles. The van der Waals surface area contributed by atoms with Crippen LogP contribution in [0.1, 0.15) is 64.2 Å². The molecule has 11 heteroatoms. The maximum atomic E-state index is 13.5. The van der Waals surface area contributed by atoms with Crippen LogP contribution in [-0.4, -0.2) is 48.5 Å². The zero-order valence-electron chi connectivity index (χ0n) is 18.6. The van der Waals surface area contributed by atoms with Crippen molar-refractivity contribution in [1.82, 2.24) is 30.2 Å². The monoisotopic (exact) mass is 468 g/mol. The summed E-state index contributed by atoms with van der Waals surface area (Å²) < 4.78 is 14.6. The quantitative estimate of drug-likeness (QED) is 0.483. The minimum Gasteiger partial charge on any atom is -0.480 e. The Hall–Kier alpha value is -3.89. The zero-order valence-corrected chi connectivity index (χ0v) is 18.6. The Morgan fingerprint density at radius 2 is 1.94 bits per heavy atom. The van der Waals surface area contributed by atoms with Crippen LogP contribution >= 0.6 is 0 Å². The van der Waals surface area contributed by atoms with Crippen LogP contribution in [0.4, 0.5) is 4.39 Å². The topological polar surface area (TPSA) is 139 Å². The number of hydrogen-bond donors (Lipinski definition) is 3. The molecule has 2 amide bonds. The summed E-state index contributed by atoms with van der Waals surface area (Å²) in [6.45, 7) is 1.76. The van der Waals surface area contributed by atoms with Gasteiger partial charge in [-0.1, -0.05) is 31.4 Å². The molecule has 3 N–H and O–H groups in total. The van der Waals surface area contributed by atoms with E-state index in [0.29, 0.717) is 11.1 Å². The first-order chi connectivity index (χ1) is 16.3. The summed E-state index contributed by atoms with van der Waals surface area (Å²) in [5.41, 5.74) is 1.03. The summed E-state index contributed by atoms with van der Waals surface area (Å²) in [6.07, 6.45) is 5.54. The number of benzene rings is 1. The highest BCUT2D eigenvalue weighted by Crippen LogP contribution is 2.27. The Labute approximate surface area is 194 Å². The number of nitrogens with one attached hydrogen (secondary N) is 2. The summed E-state index contributed by atoms with van der Waals surface area (Å²) in [5, 5.41) is 19.0. The van der Waals surface area contributed by atoms with Crippen LogP contribution in [-0.2, 0) is 11.3 Å². The molecule has 0 radical (unpaired) electrons. The molecule has 2 aromatic heterocycles. The van der Waals surface area contributed by atoms with E-state index in [1.54, 1.807) is 19.1 Å². The molecule has 4 rings (SSSR count). The number of hydrogen-bond acceptors (Lipinski definition) is 6. The Kier molecular flexibility index (Phi) is 6.80. The van der Waals surface area contributed by atoms with Crippen molar-refractivity contribution in [3.05, 3.63) is 58.9 Å². The number of fused-ring (bicyclic) bond motifs is 1. The number of nitrogens with zero attached hydrogens (tertiary/aromatic N) is 4. The first kappa shape index (κ1) is 23.3. The molecular weight excluding hydrogens is 443 g/mol. The number of aryl methyl sites for hydroxylation is 1. The average molecular weight is 468 g/mol. The zero-order chi connectivity index (χ0) is 24.2. The van der Waals surface area contributed by atoms with Gasteiger partial charge in [0.25, 0.3) is 17.6 Å². The average Bonchev–Trinajstić information content (AvgIpc) is 3.31. The predicted molar refractivity (Wildman–Crippen MR) is 119 cm³/mol. The molecule has 0 unspecified atom stereocenters. The van der Waals surface area contributed by atoms with E-state index in [1.165, 1.54) is 18.5 Å².